The van der Waals surface area contributed by atoms with Gasteiger partial charge >= 0.3 is 0 Å². The van der Waals surface area contributed by atoms with Crippen LogP contribution in [0.1, 0.15) is 40.5 Å². The standard InChI is InChI=1S/C11H20O/c1-8-5-6-10(7-9(2)12)11(8,3)4/h5,9-10,12H,6-7H2,1-4H3. The van der Waals surface area contributed by atoms with Crippen molar-refractivity contribution in [2.45, 2.75) is 46.6 Å². The molecular weight excluding hydrogens is 148 g/mol. The molecule has 12 heavy (non-hydrogen) atoms. The predicted octanol–water partition coefficient (Wildman–Crippen LogP) is 2.75. The van der Waals surface area contributed by atoms with Crippen LogP contribution in [0.25, 0.3) is 0 Å². The van der Waals surface area contributed by atoms with Crippen LogP contribution in [0.15, 0.2) is 11.6 Å². The first-order valence-corrected chi connectivity index (χ1v) is 4.80. The van der Waals surface area contributed by atoms with E-state index in [2.05, 4.69) is 26.8 Å². The van der Waals surface area contributed by atoms with Gasteiger partial charge in [0.1, 0.15) is 0 Å². The fraction of sp³-hybridized carbons (Fsp3) is 0.818. The molecule has 2 atom stereocenters. The second-order valence-corrected chi connectivity index (χ2v) is 4.63. The minimum Gasteiger partial charge on any atom is -0.393 e. The van der Waals surface area contributed by atoms with Gasteiger partial charge in [-0.1, -0.05) is 25.5 Å². The molecule has 1 nitrogen and oxygen atoms in total. The largest absolute Gasteiger partial charge is 0.393 e. The fourth-order valence-corrected chi connectivity index (χ4v) is 2.00. The van der Waals surface area contributed by atoms with Crippen molar-refractivity contribution in [3.05, 3.63) is 11.6 Å². The molecule has 0 radical (unpaired) electrons. The van der Waals surface area contributed by atoms with E-state index in [0.29, 0.717) is 11.3 Å². The Morgan fingerprint density at radius 2 is 2.25 bits per heavy atom. The Hall–Kier alpha value is -0.300. The topological polar surface area (TPSA) is 20.2 Å². The number of aliphatic hydroxyl groups is 1. The molecule has 0 saturated heterocycles. The van der Waals surface area contributed by atoms with E-state index in [-0.39, 0.29) is 6.10 Å². The molecule has 0 aliphatic heterocycles. The second kappa shape index (κ2) is 3.21. The normalized spacial score (nSPS) is 30.1. The minimum absolute atomic E-state index is 0.159. The molecule has 0 heterocycles. The van der Waals surface area contributed by atoms with E-state index >= 15 is 0 Å². The third-order valence-electron chi connectivity index (χ3n) is 3.37. The Kier molecular flexibility index (Phi) is 2.62. The highest BCUT2D eigenvalue weighted by Crippen LogP contribution is 2.44. The van der Waals surface area contributed by atoms with Crippen molar-refractivity contribution in [3.63, 3.8) is 0 Å². The molecule has 1 N–H and O–H groups in total. The molecule has 1 rings (SSSR count). The van der Waals surface area contributed by atoms with Crippen molar-refractivity contribution >= 4 is 0 Å². The molecule has 0 aromatic carbocycles. The van der Waals surface area contributed by atoms with E-state index in [0.717, 1.165) is 12.8 Å². The first-order chi connectivity index (χ1) is 5.44. The van der Waals surface area contributed by atoms with Gasteiger partial charge in [-0.25, -0.2) is 0 Å². The highest BCUT2D eigenvalue weighted by molar-refractivity contribution is 5.18. The van der Waals surface area contributed by atoms with Crippen molar-refractivity contribution < 1.29 is 5.11 Å². The summed E-state index contributed by atoms with van der Waals surface area (Å²) in [5.74, 6) is 0.637. The Bertz CT molecular complexity index is 189. The highest BCUT2D eigenvalue weighted by Gasteiger charge is 2.34. The maximum atomic E-state index is 9.31. The van der Waals surface area contributed by atoms with E-state index in [1.807, 2.05) is 6.92 Å². The number of hydrogen-bond donors (Lipinski definition) is 1. The Balaban J connectivity index is 2.61. The lowest BCUT2D eigenvalue weighted by atomic mass is 9.75. The molecule has 0 fully saturated rings. The van der Waals surface area contributed by atoms with Crippen molar-refractivity contribution in [2.24, 2.45) is 11.3 Å². The zero-order valence-corrected chi connectivity index (χ0v) is 8.59. The third-order valence-corrected chi connectivity index (χ3v) is 3.37. The molecule has 1 aliphatic rings. The van der Waals surface area contributed by atoms with Crippen molar-refractivity contribution in [2.75, 3.05) is 0 Å². The Morgan fingerprint density at radius 1 is 1.67 bits per heavy atom. The summed E-state index contributed by atoms with van der Waals surface area (Å²) in [5, 5.41) is 9.31. The smallest absolute Gasteiger partial charge is 0.0515 e. The molecule has 0 spiro atoms. The van der Waals surface area contributed by atoms with Crippen LogP contribution in [-0.2, 0) is 0 Å². The van der Waals surface area contributed by atoms with Gasteiger partial charge in [-0.15, -0.1) is 0 Å². The lowest BCUT2D eigenvalue weighted by molar-refractivity contribution is 0.130. The number of aliphatic hydroxyl groups excluding tert-OH is 1. The van der Waals surface area contributed by atoms with Crippen molar-refractivity contribution in [1.29, 1.82) is 0 Å². The molecule has 0 aromatic rings. The second-order valence-electron chi connectivity index (χ2n) is 4.63. The number of hydrogen-bond acceptors (Lipinski definition) is 1. The lowest BCUT2D eigenvalue weighted by Crippen LogP contribution is -2.23. The molecular formula is C11H20O. The highest BCUT2D eigenvalue weighted by atomic mass is 16.3. The van der Waals surface area contributed by atoms with E-state index in [1.165, 1.54) is 5.57 Å². The van der Waals surface area contributed by atoms with Crippen LogP contribution in [0, 0.1) is 11.3 Å². The van der Waals surface area contributed by atoms with Gasteiger partial charge in [0, 0.05) is 0 Å². The van der Waals surface area contributed by atoms with Crippen LogP contribution in [0.3, 0.4) is 0 Å². The monoisotopic (exact) mass is 168 g/mol. The van der Waals surface area contributed by atoms with E-state index in [1.54, 1.807) is 0 Å². The minimum atomic E-state index is -0.159. The quantitative estimate of drug-likeness (QED) is 0.629. The van der Waals surface area contributed by atoms with Crippen LogP contribution < -0.4 is 0 Å². The van der Waals surface area contributed by atoms with Gasteiger partial charge < -0.3 is 5.11 Å². The van der Waals surface area contributed by atoms with Gasteiger partial charge in [0.15, 0.2) is 0 Å². The van der Waals surface area contributed by atoms with Gasteiger partial charge in [0.05, 0.1) is 6.10 Å². The molecule has 0 saturated carbocycles. The fourth-order valence-electron chi connectivity index (χ4n) is 2.00. The van der Waals surface area contributed by atoms with Gasteiger partial charge in [0.2, 0.25) is 0 Å². The predicted molar refractivity (Wildman–Crippen MR) is 51.9 cm³/mol. The molecule has 1 aliphatic carbocycles. The average molecular weight is 168 g/mol. The first-order valence-electron chi connectivity index (χ1n) is 4.80. The van der Waals surface area contributed by atoms with Gasteiger partial charge in [-0.05, 0) is 38.0 Å². The molecule has 2 unspecified atom stereocenters. The summed E-state index contributed by atoms with van der Waals surface area (Å²) in [7, 11) is 0. The zero-order valence-electron chi connectivity index (χ0n) is 8.59. The van der Waals surface area contributed by atoms with E-state index < -0.39 is 0 Å². The zero-order chi connectivity index (χ0) is 9.35. The summed E-state index contributed by atoms with van der Waals surface area (Å²) >= 11 is 0. The number of rotatable bonds is 2. The van der Waals surface area contributed by atoms with E-state index in [9.17, 15) is 5.11 Å². The van der Waals surface area contributed by atoms with Gasteiger partial charge in [-0.2, -0.15) is 0 Å². The summed E-state index contributed by atoms with van der Waals surface area (Å²) in [6, 6.07) is 0. The summed E-state index contributed by atoms with van der Waals surface area (Å²) < 4.78 is 0. The lowest BCUT2D eigenvalue weighted by Gasteiger charge is -2.30. The number of allylic oxidation sites excluding steroid dienone is 2. The van der Waals surface area contributed by atoms with Crippen LogP contribution in [-0.4, -0.2) is 11.2 Å². The summed E-state index contributed by atoms with van der Waals surface area (Å²) in [6.45, 7) is 8.63. The third kappa shape index (κ3) is 1.71. The Labute approximate surface area is 75.5 Å². The van der Waals surface area contributed by atoms with Gasteiger partial charge in [0.25, 0.3) is 0 Å². The molecule has 0 bridgehead atoms. The first kappa shape index (κ1) is 9.79. The van der Waals surface area contributed by atoms with Crippen LogP contribution in [0.4, 0.5) is 0 Å². The summed E-state index contributed by atoms with van der Waals surface area (Å²) in [5.41, 5.74) is 1.78. The summed E-state index contributed by atoms with van der Waals surface area (Å²) in [4.78, 5) is 0. The molecule has 0 amide bonds. The van der Waals surface area contributed by atoms with Crippen LogP contribution in [0.5, 0.6) is 0 Å². The van der Waals surface area contributed by atoms with Crippen LogP contribution in [0.2, 0.25) is 0 Å². The van der Waals surface area contributed by atoms with Crippen molar-refractivity contribution in [1.82, 2.24) is 0 Å². The molecule has 70 valence electrons. The summed E-state index contributed by atoms with van der Waals surface area (Å²) in [6.07, 6.45) is 4.23. The SMILES string of the molecule is CC1=CCC(CC(C)O)C1(C)C. The van der Waals surface area contributed by atoms with E-state index in [4.69, 9.17) is 0 Å². The maximum Gasteiger partial charge on any atom is 0.0515 e. The van der Waals surface area contributed by atoms with Gasteiger partial charge in [-0.3, -0.25) is 0 Å². The molecule has 0 aromatic heterocycles. The Morgan fingerprint density at radius 3 is 2.58 bits per heavy atom. The van der Waals surface area contributed by atoms with Crippen molar-refractivity contribution in [3.8, 4) is 0 Å². The maximum absolute atomic E-state index is 9.31. The van der Waals surface area contributed by atoms with Crippen LogP contribution >= 0.6 is 0 Å². The average Bonchev–Trinajstić information content (AvgIpc) is 2.15. The molecule has 1 heteroatoms.